The van der Waals surface area contributed by atoms with Crippen molar-refractivity contribution in [2.45, 2.75) is 51.2 Å². The van der Waals surface area contributed by atoms with E-state index in [9.17, 15) is 5.11 Å². The van der Waals surface area contributed by atoms with Crippen LogP contribution in [0, 0.1) is 0 Å². The minimum atomic E-state index is -0.460. The van der Waals surface area contributed by atoms with Crippen LogP contribution in [0.25, 0.3) is 0 Å². The van der Waals surface area contributed by atoms with E-state index >= 15 is 0 Å². The molecule has 4 nitrogen and oxygen atoms in total. The lowest BCUT2D eigenvalue weighted by Gasteiger charge is -2.26. The van der Waals surface area contributed by atoms with Crippen LogP contribution in [0.5, 0.6) is 0 Å². The summed E-state index contributed by atoms with van der Waals surface area (Å²) in [7, 11) is 0. The van der Waals surface area contributed by atoms with Gasteiger partial charge < -0.3 is 15.1 Å². The first-order valence-corrected chi connectivity index (χ1v) is 7.27. The minimum absolute atomic E-state index is 0.268. The summed E-state index contributed by atoms with van der Waals surface area (Å²) >= 11 is 0. The van der Waals surface area contributed by atoms with Gasteiger partial charge in [-0.25, -0.2) is 0 Å². The van der Waals surface area contributed by atoms with Crippen LogP contribution in [-0.4, -0.2) is 34.4 Å². The lowest BCUT2D eigenvalue weighted by atomic mass is 10.1. The molecule has 2 N–H and O–H groups in total. The zero-order valence-electron chi connectivity index (χ0n) is 11.6. The highest BCUT2D eigenvalue weighted by molar-refractivity contribution is 5.46. The monoisotopic (exact) mass is 264 g/mol. The van der Waals surface area contributed by atoms with Gasteiger partial charge in [-0.05, 0) is 44.2 Å². The van der Waals surface area contributed by atoms with Crippen LogP contribution in [-0.2, 0) is 0 Å². The summed E-state index contributed by atoms with van der Waals surface area (Å²) in [6.45, 7) is 3.28. The maximum absolute atomic E-state index is 9.75. The van der Waals surface area contributed by atoms with Crippen molar-refractivity contribution in [1.29, 1.82) is 0 Å². The second kappa shape index (κ2) is 6.87. The molecule has 1 aliphatic heterocycles. The van der Waals surface area contributed by atoms with Crippen LogP contribution in [0.15, 0.2) is 18.3 Å². The van der Waals surface area contributed by atoms with Crippen LogP contribution < -0.4 is 4.90 Å². The van der Waals surface area contributed by atoms with E-state index in [4.69, 9.17) is 5.11 Å². The van der Waals surface area contributed by atoms with E-state index in [1.165, 1.54) is 12.8 Å². The van der Waals surface area contributed by atoms with E-state index in [-0.39, 0.29) is 6.61 Å². The summed E-state index contributed by atoms with van der Waals surface area (Å²) < 4.78 is 0. The molecule has 1 fully saturated rings. The quantitative estimate of drug-likeness (QED) is 0.827. The molecule has 4 heteroatoms. The second-order valence-electron chi connectivity index (χ2n) is 5.22. The van der Waals surface area contributed by atoms with Crippen LogP contribution in [0.3, 0.4) is 0 Å². The lowest BCUT2D eigenvalue weighted by molar-refractivity contribution is 0.169. The van der Waals surface area contributed by atoms with Gasteiger partial charge in [0.25, 0.3) is 0 Å². The van der Waals surface area contributed by atoms with Crippen molar-refractivity contribution in [1.82, 2.24) is 4.98 Å². The fraction of sp³-hybridized carbons (Fsp3) is 0.667. The highest BCUT2D eigenvalue weighted by atomic mass is 16.3. The van der Waals surface area contributed by atoms with Crippen molar-refractivity contribution >= 4 is 5.69 Å². The summed E-state index contributed by atoms with van der Waals surface area (Å²) in [6, 6.07) is 4.50. The Labute approximate surface area is 115 Å². The van der Waals surface area contributed by atoms with E-state index in [1.54, 1.807) is 0 Å². The number of aliphatic hydroxyl groups is 2. The van der Waals surface area contributed by atoms with E-state index in [0.717, 1.165) is 30.8 Å². The van der Waals surface area contributed by atoms with Gasteiger partial charge in [-0.3, -0.25) is 4.98 Å². The third-order valence-corrected chi connectivity index (χ3v) is 3.90. The fourth-order valence-electron chi connectivity index (χ4n) is 2.78. The number of hydrogen-bond acceptors (Lipinski definition) is 4. The average Bonchev–Trinajstić information content (AvgIpc) is 2.92. The largest absolute Gasteiger partial charge is 0.396 e. The van der Waals surface area contributed by atoms with Gasteiger partial charge in [0.15, 0.2) is 0 Å². The molecule has 1 aromatic rings. The molecule has 2 heterocycles. The predicted octanol–water partition coefficient (Wildman–Crippen LogP) is 2.27. The molecular formula is C15H24N2O2. The number of aliphatic hydroxyl groups excluding tert-OH is 2. The summed E-state index contributed by atoms with van der Waals surface area (Å²) in [6.07, 6.45) is 6.39. The maximum Gasteiger partial charge on any atom is 0.0957 e. The van der Waals surface area contributed by atoms with Gasteiger partial charge in [0.2, 0.25) is 0 Å². The van der Waals surface area contributed by atoms with E-state index < -0.39 is 6.10 Å². The van der Waals surface area contributed by atoms with Gasteiger partial charge in [0.1, 0.15) is 0 Å². The molecule has 0 spiro atoms. The van der Waals surface area contributed by atoms with Gasteiger partial charge in [0.05, 0.1) is 23.7 Å². The topological polar surface area (TPSA) is 56.6 Å². The lowest BCUT2D eigenvalue weighted by Crippen LogP contribution is -2.29. The molecule has 0 bridgehead atoms. The summed E-state index contributed by atoms with van der Waals surface area (Å²) in [4.78, 5) is 6.75. The number of anilines is 1. The summed E-state index contributed by atoms with van der Waals surface area (Å²) in [5.41, 5.74) is 1.88. The Morgan fingerprint density at radius 2 is 2.32 bits per heavy atom. The summed E-state index contributed by atoms with van der Waals surface area (Å²) in [5.74, 6) is 0. The van der Waals surface area contributed by atoms with Crippen molar-refractivity contribution in [2.24, 2.45) is 0 Å². The van der Waals surface area contributed by atoms with Gasteiger partial charge in [-0.2, -0.15) is 0 Å². The maximum atomic E-state index is 9.75. The van der Waals surface area contributed by atoms with Crippen molar-refractivity contribution < 1.29 is 10.2 Å². The number of hydrogen-bond donors (Lipinski definition) is 2. The van der Waals surface area contributed by atoms with Gasteiger partial charge >= 0.3 is 0 Å². The zero-order valence-corrected chi connectivity index (χ0v) is 11.6. The fourth-order valence-corrected chi connectivity index (χ4v) is 2.78. The Bertz CT molecular complexity index is 380. The zero-order chi connectivity index (χ0) is 13.7. The molecule has 2 atom stereocenters. The molecule has 1 aliphatic rings. The summed E-state index contributed by atoms with van der Waals surface area (Å²) in [5, 5.41) is 18.7. The van der Waals surface area contributed by atoms with Crippen LogP contribution in [0.1, 0.15) is 50.8 Å². The van der Waals surface area contributed by atoms with Crippen LogP contribution in [0.4, 0.5) is 5.69 Å². The molecule has 1 saturated heterocycles. The molecule has 1 unspecified atom stereocenters. The van der Waals surface area contributed by atoms with Gasteiger partial charge in [-0.1, -0.05) is 6.92 Å². The van der Waals surface area contributed by atoms with Crippen molar-refractivity contribution in [2.75, 3.05) is 18.1 Å². The Morgan fingerprint density at radius 3 is 2.95 bits per heavy atom. The molecule has 0 saturated carbocycles. The third kappa shape index (κ3) is 3.45. The number of nitrogens with zero attached hydrogens (tertiary/aromatic N) is 2. The van der Waals surface area contributed by atoms with Crippen LogP contribution >= 0.6 is 0 Å². The normalized spacial score (nSPS) is 20.8. The average molecular weight is 264 g/mol. The Kier molecular flexibility index (Phi) is 5.16. The van der Waals surface area contributed by atoms with Gasteiger partial charge in [-0.15, -0.1) is 0 Å². The third-order valence-electron chi connectivity index (χ3n) is 3.90. The van der Waals surface area contributed by atoms with Gasteiger partial charge in [0, 0.05) is 19.2 Å². The predicted molar refractivity (Wildman–Crippen MR) is 76.2 cm³/mol. The standard InChI is InChI=1S/C15H24N2O2/c1-2-15(19)14-8-7-13(11-16-14)17-9-3-5-12(17)6-4-10-18/h7-8,11-12,15,18-19H,2-6,9-10H2,1H3/t12?,15-/m0/s1. The molecule has 2 rings (SSSR count). The van der Waals surface area contributed by atoms with E-state index in [2.05, 4.69) is 16.0 Å². The molecule has 0 amide bonds. The van der Waals surface area contributed by atoms with E-state index in [1.807, 2.05) is 19.2 Å². The highest BCUT2D eigenvalue weighted by Crippen LogP contribution is 2.28. The highest BCUT2D eigenvalue weighted by Gasteiger charge is 2.24. The smallest absolute Gasteiger partial charge is 0.0957 e. The molecule has 106 valence electrons. The number of rotatable bonds is 6. The number of pyridine rings is 1. The number of aromatic nitrogens is 1. The Balaban J connectivity index is 2.04. The minimum Gasteiger partial charge on any atom is -0.396 e. The first-order chi connectivity index (χ1) is 9.26. The molecular weight excluding hydrogens is 240 g/mol. The Morgan fingerprint density at radius 1 is 1.47 bits per heavy atom. The first kappa shape index (κ1) is 14.3. The van der Waals surface area contributed by atoms with Crippen LogP contribution in [0.2, 0.25) is 0 Å². The molecule has 1 aromatic heterocycles. The Hall–Kier alpha value is -1.13. The second-order valence-corrected chi connectivity index (χ2v) is 5.22. The molecule has 0 aromatic carbocycles. The van der Waals surface area contributed by atoms with Crippen molar-refractivity contribution in [3.05, 3.63) is 24.0 Å². The first-order valence-electron chi connectivity index (χ1n) is 7.27. The molecule has 0 radical (unpaired) electrons. The molecule has 19 heavy (non-hydrogen) atoms. The van der Waals surface area contributed by atoms with Crippen molar-refractivity contribution in [3.63, 3.8) is 0 Å². The SMILES string of the molecule is CC[C@H](O)c1ccc(N2CCCC2CCCO)cn1. The van der Waals surface area contributed by atoms with E-state index in [0.29, 0.717) is 12.5 Å². The van der Waals surface area contributed by atoms with Crippen molar-refractivity contribution in [3.8, 4) is 0 Å². The molecule has 0 aliphatic carbocycles.